The van der Waals surface area contributed by atoms with Crippen LogP contribution in [0.2, 0.25) is 0 Å². The van der Waals surface area contributed by atoms with E-state index in [0.29, 0.717) is 6.04 Å². The minimum atomic E-state index is 0.586. The molecule has 5 heteroatoms. The predicted molar refractivity (Wildman–Crippen MR) is 78.1 cm³/mol. The SMILES string of the molecule is CSNC1CCN(c2cc(C)cc3[nH]ncc23)C1. The molecule has 1 aromatic carbocycles. The first-order valence-corrected chi connectivity index (χ1v) is 7.47. The van der Waals surface area contributed by atoms with Gasteiger partial charge < -0.3 is 4.90 Å². The maximum atomic E-state index is 4.16. The number of H-pyrrole nitrogens is 1. The third-order valence-corrected chi connectivity index (χ3v) is 4.06. The van der Waals surface area contributed by atoms with Crippen LogP contribution in [-0.2, 0) is 0 Å². The highest BCUT2D eigenvalue weighted by Gasteiger charge is 2.23. The summed E-state index contributed by atoms with van der Waals surface area (Å²) in [4.78, 5) is 2.46. The molecule has 1 aliphatic rings. The summed E-state index contributed by atoms with van der Waals surface area (Å²) in [5, 5.41) is 8.45. The number of nitrogens with zero attached hydrogens (tertiary/aromatic N) is 2. The summed E-state index contributed by atoms with van der Waals surface area (Å²) >= 11 is 1.71. The molecule has 3 rings (SSSR count). The number of aromatic nitrogens is 2. The summed E-state index contributed by atoms with van der Waals surface area (Å²) in [6, 6.07) is 5.00. The van der Waals surface area contributed by atoms with Crippen molar-refractivity contribution in [2.24, 2.45) is 0 Å². The van der Waals surface area contributed by atoms with Gasteiger partial charge in [-0.2, -0.15) is 5.10 Å². The largest absolute Gasteiger partial charge is 0.369 e. The zero-order chi connectivity index (χ0) is 12.5. The van der Waals surface area contributed by atoms with Crippen molar-refractivity contribution in [3.63, 3.8) is 0 Å². The average molecular weight is 262 g/mol. The molecule has 4 nitrogen and oxygen atoms in total. The molecule has 96 valence electrons. The van der Waals surface area contributed by atoms with Crippen molar-refractivity contribution < 1.29 is 0 Å². The second-order valence-corrected chi connectivity index (χ2v) is 5.51. The molecule has 2 heterocycles. The number of hydrogen-bond donors (Lipinski definition) is 2. The van der Waals surface area contributed by atoms with Crippen molar-refractivity contribution in [2.75, 3.05) is 24.2 Å². The van der Waals surface area contributed by atoms with Crippen LogP contribution in [0.3, 0.4) is 0 Å². The fraction of sp³-hybridized carbons (Fsp3) is 0.462. The zero-order valence-electron chi connectivity index (χ0n) is 10.7. The smallest absolute Gasteiger partial charge is 0.0673 e. The van der Waals surface area contributed by atoms with Crippen LogP contribution in [0.4, 0.5) is 5.69 Å². The summed E-state index contributed by atoms with van der Waals surface area (Å²) in [5.41, 5.74) is 3.72. The van der Waals surface area contributed by atoms with Gasteiger partial charge in [0.15, 0.2) is 0 Å². The Bertz CT molecular complexity index is 551. The van der Waals surface area contributed by atoms with E-state index < -0.39 is 0 Å². The van der Waals surface area contributed by atoms with Crippen molar-refractivity contribution in [2.45, 2.75) is 19.4 Å². The van der Waals surface area contributed by atoms with Crippen molar-refractivity contribution in [3.05, 3.63) is 23.9 Å². The van der Waals surface area contributed by atoms with Gasteiger partial charge >= 0.3 is 0 Å². The Morgan fingerprint density at radius 2 is 2.39 bits per heavy atom. The molecule has 0 spiro atoms. The maximum absolute atomic E-state index is 4.16. The molecule has 1 atom stereocenters. The zero-order valence-corrected chi connectivity index (χ0v) is 11.5. The van der Waals surface area contributed by atoms with Gasteiger partial charge in [-0.25, -0.2) is 0 Å². The normalized spacial score (nSPS) is 19.9. The highest BCUT2D eigenvalue weighted by molar-refractivity contribution is 7.96. The van der Waals surface area contributed by atoms with Gasteiger partial charge in [0.05, 0.1) is 11.7 Å². The highest BCUT2D eigenvalue weighted by Crippen LogP contribution is 2.30. The van der Waals surface area contributed by atoms with Crippen molar-refractivity contribution in [1.82, 2.24) is 14.9 Å². The lowest BCUT2D eigenvalue weighted by Gasteiger charge is -2.20. The van der Waals surface area contributed by atoms with Gasteiger partial charge in [0.2, 0.25) is 0 Å². The molecule has 1 aromatic heterocycles. The minimum Gasteiger partial charge on any atom is -0.369 e. The van der Waals surface area contributed by atoms with E-state index in [2.05, 4.69) is 45.1 Å². The number of benzene rings is 1. The van der Waals surface area contributed by atoms with Gasteiger partial charge in [0.1, 0.15) is 0 Å². The first kappa shape index (κ1) is 11.9. The number of fused-ring (bicyclic) bond motifs is 1. The summed E-state index contributed by atoms with van der Waals surface area (Å²) < 4.78 is 3.45. The van der Waals surface area contributed by atoms with E-state index in [0.717, 1.165) is 18.6 Å². The number of anilines is 1. The van der Waals surface area contributed by atoms with Crippen molar-refractivity contribution >= 4 is 28.5 Å². The summed E-state index contributed by atoms with van der Waals surface area (Å²) in [6.07, 6.45) is 5.22. The molecule has 2 aromatic rings. The van der Waals surface area contributed by atoms with Gasteiger partial charge in [-0.1, -0.05) is 11.9 Å². The topological polar surface area (TPSA) is 44.0 Å². The summed E-state index contributed by atoms with van der Waals surface area (Å²) in [7, 11) is 0. The number of aryl methyl sites for hydroxylation is 1. The molecule has 0 aliphatic carbocycles. The molecular weight excluding hydrogens is 244 g/mol. The van der Waals surface area contributed by atoms with E-state index in [4.69, 9.17) is 0 Å². The monoisotopic (exact) mass is 262 g/mol. The first-order chi connectivity index (χ1) is 8.78. The Morgan fingerprint density at radius 3 is 3.22 bits per heavy atom. The standard InChI is InChI=1S/C13H18N4S/c1-9-5-12-11(7-14-15-12)13(6-9)17-4-3-10(8-17)16-18-2/h5-7,10,16H,3-4,8H2,1-2H3,(H,14,15). The van der Waals surface area contributed by atoms with E-state index in [1.165, 1.54) is 23.1 Å². The van der Waals surface area contributed by atoms with Crippen LogP contribution in [0.5, 0.6) is 0 Å². The quantitative estimate of drug-likeness (QED) is 0.833. The first-order valence-electron chi connectivity index (χ1n) is 6.25. The lowest BCUT2D eigenvalue weighted by Crippen LogP contribution is -2.28. The molecule has 1 fully saturated rings. The van der Waals surface area contributed by atoms with Crippen LogP contribution < -0.4 is 9.62 Å². The van der Waals surface area contributed by atoms with Gasteiger partial charge in [0.25, 0.3) is 0 Å². The number of hydrogen-bond acceptors (Lipinski definition) is 4. The van der Waals surface area contributed by atoms with E-state index in [1.807, 2.05) is 6.20 Å². The molecule has 1 unspecified atom stereocenters. The molecule has 0 radical (unpaired) electrons. The molecule has 2 N–H and O–H groups in total. The summed E-state index contributed by atoms with van der Waals surface area (Å²) in [6.45, 7) is 4.32. The van der Waals surface area contributed by atoms with E-state index in [9.17, 15) is 0 Å². The van der Waals surface area contributed by atoms with Crippen molar-refractivity contribution in [3.8, 4) is 0 Å². The fourth-order valence-electron chi connectivity index (χ4n) is 2.68. The Hall–Kier alpha value is -1.20. The number of nitrogens with one attached hydrogen (secondary N) is 2. The molecular formula is C13H18N4S. The lowest BCUT2D eigenvalue weighted by molar-refractivity contribution is 0.702. The molecule has 1 saturated heterocycles. The lowest BCUT2D eigenvalue weighted by atomic mass is 10.1. The van der Waals surface area contributed by atoms with E-state index in [-0.39, 0.29) is 0 Å². The Morgan fingerprint density at radius 1 is 1.50 bits per heavy atom. The second kappa shape index (κ2) is 4.82. The van der Waals surface area contributed by atoms with Crippen LogP contribution in [0.15, 0.2) is 18.3 Å². The highest BCUT2D eigenvalue weighted by atomic mass is 32.2. The van der Waals surface area contributed by atoms with Crippen LogP contribution in [0.25, 0.3) is 10.9 Å². The van der Waals surface area contributed by atoms with Gasteiger partial charge in [-0.3, -0.25) is 9.82 Å². The molecule has 18 heavy (non-hydrogen) atoms. The maximum Gasteiger partial charge on any atom is 0.0673 e. The number of aromatic amines is 1. The van der Waals surface area contributed by atoms with Crippen LogP contribution in [0.1, 0.15) is 12.0 Å². The second-order valence-electron chi connectivity index (χ2n) is 4.87. The molecule has 0 amide bonds. The van der Waals surface area contributed by atoms with Gasteiger partial charge in [0, 0.05) is 30.2 Å². The van der Waals surface area contributed by atoms with Gasteiger partial charge in [-0.05, 0) is 37.3 Å². The fourth-order valence-corrected chi connectivity index (χ4v) is 3.20. The molecule has 0 bridgehead atoms. The molecule has 0 saturated carbocycles. The minimum absolute atomic E-state index is 0.586. The Balaban J connectivity index is 1.92. The number of rotatable bonds is 3. The average Bonchev–Trinajstić information content (AvgIpc) is 2.96. The Labute approximate surface area is 111 Å². The van der Waals surface area contributed by atoms with Crippen LogP contribution in [0, 0.1) is 6.92 Å². The third kappa shape index (κ3) is 2.08. The predicted octanol–water partition coefficient (Wildman–Crippen LogP) is 2.32. The van der Waals surface area contributed by atoms with Crippen LogP contribution in [-0.4, -0.2) is 35.6 Å². The third-order valence-electron chi connectivity index (χ3n) is 3.49. The van der Waals surface area contributed by atoms with Gasteiger partial charge in [-0.15, -0.1) is 0 Å². The van der Waals surface area contributed by atoms with E-state index >= 15 is 0 Å². The molecule has 1 aliphatic heterocycles. The van der Waals surface area contributed by atoms with Crippen LogP contribution >= 0.6 is 11.9 Å². The Kier molecular flexibility index (Phi) is 3.18. The summed E-state index contributed by atoms with van der Waals surface area (Å²) in [5.74, 6) is 0. The van der Waals surface area contributed by atoms with E-state index in [1.54, 1.807) is 11.9 Å². The van der Waals surface area contributed by atoms with Crippen molar-refractivity contribution in [1.29, 1.82) is 0 Å².